The van der Waals surface area contributed by atoms with E-state index in [4.69, 9.17) is 0 Å². The SMILES string of the molecule is Cc1cc(C(=O)CCC(=O)NC(C)c2cc(F)ccc2N2CCN(C)CC2)c(C)s1. The Labute approximate surface area is 181 Å². The third-order valence-electron chi connectivity index (χ3n) is 5.60. The maximum atomic E-state index is 14.0. The third kappa shape index (κ3) is 5.46. The fourth-order valence-corrected chi connectivity index (χ4v) is 4.81. The van der Waals surface area contributed by atoms with Gasteiger partial charge in [-0.2, -0.15) is 0 Å². The Morgan fingerprint density at radius 1 is 1.13 bits per heavy atom. The number of anilines is 1. The van der Waals surface area contributed by atoms with Crippen molar-refractivity contribution in [3.63, 3.8) is 0 Å². The van der Waals surface area contributed by atoms with Gasteiger partial charge >= 0.3 is 0 Å². The van der Waals surface area contributed by atoms with E-state index in [1.807, 2.05) is 26.8 Å². The predicted octanol–water partition coefficient (Wildman–Crippen LogP) is 4.10. The van der Waals surface area contributed by atoms with Crippen molar-refractivity contribution >= 4 is 28.7 Å². The molecule has 1 aliphatic rings. The molecule has 1 atom stereocenters. The second kappa shape index (κ2) is 9.71. The molecule has 0 spiro atoms. The Kier molecular flexibility index (Phi) is 7.26. The lowest BCUT2D eigenvalue weighted by atomic mass is 10.0. The number of hydrogen-bond acceptors (Lipinski definition) is 5. The molecule has 1 aliphatic heterocycles. The first-order valence-corrected chi connectivity index (χ1v) is 11.2. The minimum Gasteiger partial charge on any atom is -0.369 e. The fraction of sp³-hybridized carbons (Fsp3) is 0.478. The molecular formula is C23H30FN3O2S. The van der Waals surface area contributed by atoms with Crippen LogP contribution in [0.5, 0.6) is 0 Å². The number of amides is 1. The van der Waals surface area contributed by atoms with E-state index in [2.05, 4.69) is 22.2 Å². The molecule has 1 N–H and O–H groups in total. The third-order valence-corrected chi connectivity index (χ3v) is 6.56. The van der Waals surface area contributed by atoms with Crippen molar-refractivity contribution in [2.75, 3.05) is 38.1 Å². The largest absolute Gasteiger partial charge is 0.369 e. The Balaban J connectivity index is 1.63. The molecule has 1 fully saturated rings. The van der Waals surface area contributed by atoms with E-state index in [1.54, 1.807) is 17.4 Å². The number of ketones is 1. The molecule has 30 heavy (non-hydrogen) atoms. The van der Waals surface area contributed by atoms with Crippen LogP contribution in [0.3, 0.4) is 0 Å². The molecule has 0 bridgehead atoms. The van der Waals surface area contributed by atoms with Crippen LogP contribution in [0, 0.1) is 19.7 Å². The van der Waals surface area contributed by atoms with Gasteiger partial charge < -0.3 is 15.1 Å². The zero-order valence-electron chi connectivity index (χ0n) is 18.1. The average Bonchev–Trinajstić information content (AvgIpc) is 3.05. The number of aryl methyl sites for hydroxylation is 2. The Morgan fingerprint density at radius 2 is 1.83 bits per heavy atom. The predicted molar refractivity (Wildman–Crippen MR) is 120 cm³/mol. The van der Waals surface area contributed by atoms with E-state index in [0.717, 1.165) is 47.2 Å². The highest BCUT2D eigenvalue weighted by Crippen LogP contribution is 2.28. The monoisotopic (exact) mass is 431 g/mol. The maximum Gasteiger partial charge on any atom is 0.220 e. The van der Waals surface area contributed by atoms with Crippen LogP contribution >= 0.6 is 11.3 Å². The van der Waals surface area contributed by atoms with Crippen molar-refractivity contribution in [3.05, 3.63) is 51.0 Å². The molecule has 3 rings (SSSR count). The number of nitrogens with one attached hydrogen (secondary N) is 1. The molecule has 2 aromatic rings. The highest BCUT2D eigenvalue weighted by Gasteiger charge is 2.21. The lowest BCUT2D eigenvalue weighted by Gasteiger charge is -2.36. The number of hydrogen-bond donors (Lipinski definition) is 1. The zero-order chi connectivity index (χ0) is 21.8. The summed E-state index contributed by atoms with van der Waals surface area (Å²) in [5.41, 5.74) is 2.43. The van der Waals surface area contributed by atoms with Gasteiger partial charge in [-0.05, 0) is 52.1 Å². The van der Waals surface area contributed by atoms with Crippen LogP contribution in [0.1, 0.15) is 51.5 Å². The summed E-state index contributed by atoms with van der Waals surface area (Å²) in [6, 6.07) is 6.31. The fourth-order valence-electron chi connectivity index (χ4n) is 3.87. The minimum absolute atomic E-state index is 0.0106. The standard InChI is InChI=1S/C23H30FN3O2S/c1-15-13-20(17(3)30-15)22(28)7-8-23(29)25-16(2)19-14-18(24)5-6-21(19)27-11-9-26(4)10-12-27/h5-6,13-14,16H,7-12H2,1-4H3,(H,25,29). The number of piperazine rings is 1. The van der Waals surface area contributed by atoms with Crippen molar-refractivity contribution in [2.24, 2.45) is 0 Å². The van der Waals surface area contributed by atoms with Crippen LogP contribution in [0.4, 0.5) is 10.1 Å². The number of rotatable bonds is 7. The lowest BCUT2D eigenvalue weighted by Crippen LogP contribution is -2.45. The zero-order valence-corrected chi connectivity index (χ0v) is 18.9. The Bertz CT molecular complexity index is 919. The number of carbonyl (C=O) groups is 2. The van der Waals surface area contributed by atoms with Crippen LogP contribution in [0.25, 0.3) is 0 Å². The highest BCUT2D eigenvalue weighted by atomic mass is 32.1. The van der Waals surface area contributed by atoms with Crippen LogP contribution in [0.15, 0.2) is 24.3 Å². The molecule has 7 heteroatoms. The van der Waals surface area contributed by atoms with Crippen molar-refractivity contribution in [1.82, 2.24) is 10.2 Å². The summed E-state index contributed by atoms with van der Waals surface area (Å²) in [7, 11) is 2.09. The maximum absolute atomic E-state index is 14.0. The van der Waals surface area contributed by atoms with Crippen molar-refractivity contribution < 1.29 is 14.0 Å². The summed E-state index contributed by atoms with van der Waals surface area (Å²) in [6.07, 6.45) is 0.292. The van der Waals surface area contributed by atoms with Gasteiger partial charge in [-0.1, -0.05) is 0 Å². The van der Waals surface area contributed by atoms with Crippen LogP contribution in [-0.2, 0) is 4.79 Å². The second-order valence-corrected chi connectivity index (χ2v) is 9.49. The number of likely N-dealkylation sites (N-methyl/N-ethyl adjacent to an activating group) is 1. The molecule has 1 amide bonds. The number of benzene rings is 1. The van der Waals surface area contributed by atoms with Crippen LogP contribution in [-0.4, -0.2) is 49.8 Å². The molecule has 1 aromatic heterocycles. The van der Waals surface area contributed by atoms with Gasteiger partial charge in [0.1, 0.15) is 5.82 Å². The van der Waals surface area contributed by atoms with E-state index in [9.17, 15) is 14.0 Å². The number of halogens is 1. The highest BCUT2D eigenvalue weighted by molar-refractivity contribution is 7.12. The van der Waals surface area contributed by atoms with Crippen LogP contribution in [0.2, 0.25) is 0 Å². The molecule has 0 radical (unpaired) electrons. The number of Topliss-reactive ketones (excluding diaryl/α,β-unsaturated/α-hetero) is 1. The molecule has 0 saturated carbocycles. The molecule has 2 heterocycles. The van der Waals surface area contributed by atoms with Crippen molar-refractivity contribution in [2.45, 2.75) is 39.7 Å². The van der Waals surface area contributed by atoms with Gasteiger partial charge in [-0.25, -0.2) is 4.39 Å². The van der Waals surface area contributed by atoms with E-state index < -0.39 is 0 Å². The first kappa shape index (κ1) is 22.4. The summed E-state index contributed by atoms with van der Waals surface area (Å²) in [5.74, 6) is -0.528. The normalized spacial score (nSPS) is 15.8. The van der Waals surface area contributed by atoms with E-state index in [0.29, 0.717) is 5.56 Å². The first-order chi connectivity index (χ1) is 14.2. The van der Waals surface area contributed by atoms with Gasteiger partial charge in [0.25, 0.3) is 0 Å². The van der Waals surface area contributed by atoms with E-state index >= 15 is 0 Å². The van der Waals surface area contributed by atoms with Gasteiger partial charge in [0, 0.05) is 65.6 Å². The molecule has 1 aromatic carbocycles. The van der Waals surface area contributed by atoms with E-state index in [-0.39, 0.29) is 36.4 Å². The Hall–Kier alpha value is -2.25. The topological polar surface area (TPSA) is 52.7 Å². The van der Waals surface area contributed by atoms with E-state index in [1.165, 1.54) is 12.1 Å². The smallest absolute Gasteiger partial charge is 0.220 e. The summed E-state index contributed by atoms with van der Waals surface area (Å²) in [5, 5.41) is 2.95. The summed E-state index contributed by atoms with van der Waals surface area (Å²) in [6.45, 7) is 9.38. The number of carbonyl (C=O) groups excluding carboxylic acids is 2. The lowest BCUT2D eigenvalue weighted by molar-refractivity contribution is -0.121. The Morgan fingerprint density at radius 3 is 2.47 bits per heavy atom. The number of nitrogens with zero attached hydrogens (tertiary/aromatic N) is 2. The minimum atomic E-state index is -0.344. The molecule has 1 saturated heterocycles. The van der Waals surface area contributed by atoms with Gasteiger partial charge in [0.2, 0.25) is 5.91 Å². The summed E-state index contributed by atoms with van der Waals surface area (Å²) >= 11 is 1.59. The molecule has 0 aliphatic carbocycles. The molecule has 1 unspecified atom stereocenters. The quantitative estimate of drug-likeness (QED) is 0.671. The first-order valence-electron chi connectivity index (χ1n) is 10.4. The van der Waals surface area contributed by atoms with Crippen molar-refractivity contribution in [3.8, 4) is 0 Å². The van der Waals surface area contributed by atoms with Gasteiger partial charge in [0.05, 0.1) is 6.04 Å². The van der Waals surface area contributed by atoms with Crippen LogP contribution < -0.4 is 10.2 Å². The van der Waals surface area contributed by atoms with Gasteiger partial charge in [0.15, 0.2) is 5.78 Å². The van der Waals surface area contributed by atoms with Gasteiger partial charge in [-0.3, -0.25) is 9.59 Å². The summed E-state index contributed by atoms with van der Waals surface area (Å²) in [4.78, 5) is 31.5. The molecule has 5 nitrogen and oxygen atoms in total. The molecule has 162 valence electrons. The summed E-state index contributed by atoms with van der Waals surface area (Å²) < 4.78 is 14.0. The molecular weight excluding hydrogens is 401 g/mol. The number of thiophene rings is 1. The second-order valence-electron chi connectivity index (χ2n) is 8.03. The average molecular weight is 432 g/mol. The van der Waals surface area contributed by atoms with Crippen molar-refractivity contribution in [1.29, 1.82) is 0 Å². The van der Waals surface area contributed by atoms with Gasteiger partial charge in [-0.15, -0.1) is 11.3 Å².